The van der Waals surface area contributed by atoms with Crippen molar-refractivity contribution in [2.45, 2.75) is 57.4 Å². The maximum Gasteiger partial charge on any atom is 0.234 e. The largest absolute Gasteiger partial charge is 0.339 e. The lowest BCUT2D eigenvalue weighted by atomic mass is 9.71. The van der Waals surface area contributed by atoms with Crippen molar-refractivity contribution in [2.24, 2.45) is 18.9 Å². The first-order valence-electron chi connectivity index (χ1n) is 11.7. The van der Waals surface area contributed by atoms with Crippen molar-refractivity contribution in [3.8, 4) is 10.4 Å². The lowest BCUT2D eigenvalue weighted by Crippen LogP contribution is -2.56. The van der Waals surface area contributed by atoms with Gasteiger partial charge in [-0.1, -0.05) is 24.6 Å². The number of aryl methyl sites for hydroxylation is 1. The zero-order valence-corrected chi connectivity index (χ0v) is 19.9. The van der Waals surface area contributed by atoms with Crippen molar-refractivity contribution < 1.29 is 9.59 Å². The number of thiophene rings is 1. The van der Waals surface area contributed by atoms with E-state index in [2.05, 4.69) is 40.6 Å². The highest BCUT2D eigenvalue weighted by molar-refractivity contribution is 7.13. The first kappa shape index (κ1) is 21.4. The Kier molecular flexibility index (Phi) is 5.44. The van der Waals surface area contributed by atoms with Crippen molar-refractivity contribution in [2.75, 3.05) is 6.54 Å². The van der Waals surface area contributed by atoms with Crippen LogP contribution in [0.25, 0.3) is 21.3 Å². The molecule has 32 heavy (non-hydrogen) atoms. The third kappa shape index (κ3) is 3.31. The molecule has 0 spiro atoms. The molecular weight excluding hydrogens is 418 g/mol. The third-order valence-corrected chi connectivity index (χ3v) is 8.55. The van der Waals surface area contributed by atoms with Crippen LogP contribution in [0.15, 0.2) is 35.7 Å². The van der Waals surface area contributed by atoms with Gasteiger partial charge in [0.2, 0.25) is 5.91 Å². The summed E-state index contributed by atoms with van der Waals surface area (Å²) in [4.78, 5) is 29.1. The number of hydrogen-bond donors (Lipinski definition) is 0. The normalized spacial score (nSPS) is 23.8. The first-order valence-corrected chi connectivity index (χ1v) is 12.6. The van der Waals surface area contributed by atoms with Crippen LogP contribution < -0.4 is 0 Å². The molecule has 0 N–H and O–H groups in total. The molecule has 3 heterocycles. The minimum absolute atomic E-state index is 0.0913. The number of piperidine rings is 1. The fraction of sp³-hybridized carbons (Fsp3) is 0.500. The summed E-state index contributed by atoms with van der Waals surface area (Å²) in [5.74, 6) is 0.533. The highest BCUT2D eigenvalue weighted by atomic mass is 32.1. The Balaban J connectivity index is 1.57. The smallest absolute Gasteiger partial charge is 0.234 e. The van der Waals surface area contributed by atoms with Crippen molar-refractivity contribution in [1.29, 1.82) is 0 Å². The van der Waals surface area contributed by atoms with E-state index >= 15 is 0 Å². The van der Waals surface area contributed by atoms with E-state index in [9.17, 15) is 9.59 Å². The van der Waals surface area contributed by atoms with Gasteiger partial charge in [-0.2, -0.15) is 5.10 Å². The van der Waals surface area contributed by atoms with Crippen LogP contribution in [0.2, 0.25) is 0 Å². The van der Waals surface area contributed by atoms with Crippen molar-refractivity contribution in [3.05, 3.63) is 41.4 Å². The molecule has 168 valence electrons. The molecule has 1 saturated heterocycles. The molecule has 6 heteroatoms. The number of carbonyl (C=O) groups excluding carboxylic acids is 2. The van der Waals surface area contributed by atoms with Gasteiger partial charge in [0.25, 0.3) is 0 Å². The second-order valence-electron chi connectivity index (χ2n) is 9.88. The number of carbonyl (C=O) groups is 2. The first-order chi connectivity index (χ1) is 15.4. The van der Waals surface area contributed by atoms with E-state index in [1.165, 1.54) is 4.88 Å². The number of fused-ring (bicyclic) bond motifs is 2. The maximum atomic E-state index is 14.1. The Bertz CT molecular complexity index is 1150. The van der Waals surface area contributed by atoms with E-state index in [0.717, 1.165) is 67.1 Å². The van der Waals surface area contributed by atoms with Gasteiger partial charge in [-0.15, -0.1) is 11.3 Å². The van der Waals surface area contributed by atoms with Crippen molar-refractivity contribution >= 4 is 34.4 Å². The summed E-state index contributed by atoms with van der Waals surface area (Å²) in [6.07, 6.45) is 6.13. The number of benzene rings is 1. The van der Waals surface area contributed by atoms with Gasteiger partial charge >= 0.3 is 0 Å². The summed E-state index contributed by atoms with van der Waals surface area (Å²) in [5, 5.41) is 8.05. The van der Waals surface area contributed by atoms with E-state index < -0.39 is 5.41 Å². The van der Waals surface area contributed by atoms with Gasteiger partial charge in [0.05, 0.1) is 16.6 Å². The van der Waals surface area contributed by atoms with Gasteiger partial charge in [0.1, 0.15) is 6.29 Å². The van der Waals surface area contributed by atoms with Gasteiger partial charge < -0.3 is 9.69 Å². The zero-order chi connectivity index (χ0) is 22.5. The van der Waals surface area contributed by atoms with Gasteiger partial charge in [0.15, 0.2) is 0 Å². The quantitative estimate of drug-likeness (QED) is 0.515. The molecule has 5 rings (SSSR count). The van der Waals surface area contributed by atoms with Crippen LogP contribution in [-0.4, -0.2) is 39.5 Å². The summed E-state index contributed by atoms with van der Waals surface area (Å²) in [6, 6.07) is 10.6. The monoisotopic (exact) mass is 449 g/mol. The van der Waals surface area contributed by atoms with Crippen LogP contribution in [0.5, 0.6) is 0 Å². The van der Waals surface area contributed by atoms with Gasteiger partial charge in [-0.05, 0) is 63.0 Å². The van der Waals surface area contributed by atoms with Crippen LogP contribution in [0, 0.1) is 11.8 Å². The highest BCUT2D eigenvalue weighted by Gasteiger charge is 2.46. The standard InChI is InChI=1S/C26H31N3O2S/c1-26(2,25(31)29-14-6-10-18-17(16-30)8-4-11-20(18)29)24-23-19(22-13-7-15-32-22)9-5-12-21(23)28(3)27-24/h5,7,9,12-13,15-18,20H,4,6,8,10-11,14H2,1-3H3. The molecular formula is C26H31N3O2S. The van der Waals surface area contributed by atoms with E-state index in [4.69, 9.17) is 5.10 Å². The number of nitrogens with zero attached hydrogens (tertiary/aromatic N) is 3. The Morgan fingerprint density at radius 2 is 2.00 bits per heavy atom. The SMILES string of the molecule is Cn1nc(C(C)(C)C(=O)N2CCCC3C(C=O)CCCC32)c2c(-c3cccs3)cccc21. The van der Waals surface area contributed by atoms with E-state index in [1.54, 1.807) is 11.3 Å². The average Bonchev–Trinajstić information content (AvgIpc) is 3.46. The molecule has 5 nitrogen and oxygen atoms in total. The van der Waals surface area contributed by atoms with Crippen molar-refractivity contribution in [1.82, 2.24) is 14.7 Å². The molecule has 1 saturated carbocycles. The van der Waals surface area contributed by atoms with Crippen LogP contribution in [0.1, 0.15) is 51.6 Å². The Labute approximate surface area is 193 Å². The zero-order valence-electron chi connectivity index (χ0n) is 19.1. The van der Waals surface area contributed by atoms with Crippen LogP contribution in [0.3, 0.4) is 0 Å². The van der Waals surface area contributed by atoms with Crippen molar-refractivity contribution in [3.63, 3.8) is 0 Å². The summed E-state index contributed by atoms with van der Waals surface area (Å²) < 4.78 is 1.90. The highest BCUT2D eigenvalue weighted by Crippen LogP contribution is 2.43. The molecule has 3 atom stereocenters. The number of hydrogen-bond acceptors (Lipinski definition) is 4. The van der Waals surface area contributed by atoms with E-state index in [1.807, 2.05) is 25.6 Å². The molecule has 2 aliphatic rings. The summed E-state index contributed by atoms with van der Waals surface area (Å²) in [6.45, 7) is 4.81. The lowest BCUT2D eigenvalue weighted by Gasteiger charge is -2.48. The van der Waals surface area contributed by atoms with Crippen LogP contribution in [0.4, 0.5) is 0 Å². The molecule has 1 aliphatic heterocycles. The predicted octanol–water partition coefficient (Wildman–Crippen LogP) is 5.19. The molecule has 0 radical (unpaired) electrons. The maximum absolute atomic E-state index is 14.1. The molecule has 3 unspecified atom stereocenters. The molecule has 1 aliphatic carbocycles. The van der Waals surface area contributed by atoms with Gasteiger partial charge in [0, 0.05) is 41.4 Å². The molecule has 1 aromatic carbocycles. The second kappa shape index (κ2) is 8.14. The fourth-order valence-electron chi connectivity index (χ4n) is 6.00. The number of rotatable bonds is 4. The minimum Gasteiger partial charge on any atom is -0.339 e. The third-order valence-electron chi connectivity index (χ3n) is 7.65. The van der Waals surface area contributed by atoms with Gasteiger partial charge in [-0.25, -0.2) is 0 Å². The fourth-order valence-corrected chi connectivity index (χ4v) is 6.76. The topological polar surface area (TPSA) is 55.2 Å². The summed E-state index contributed by atoms with van der Waals surface area (Å²) in [5.41, 5.74) is 2.26. The number of aromatic nitrogens is 2. The molecule has 3 aromatic rings. The molecule has 2 fully saturated rings. The van der Waals surface area contributed by atoms with Crippen LogP contribution >= 0.6 is 11.3 Å². The molecule has 0 bridgehead atoms. The summed E-state index contributed by atoms with van der Waals surface area (Å²) >= 11 is 1.71. The number of amides is 1. The van der Waals surface area contributed by atoms with Gasteiger partial charge in [-0.3, -0.25) is 9.48 Å². The Hall–Kier alpha value is -2.47. The van der Waals surface area contributed by atoms with Crippen LogP contribution in [-0.2, 0) is 22.1 Å². The lowest BCUT2D eigenvalue weighted by molar-refractivity contribution is -0.145. The molecule has 1 amide bonds. The minimum atomic E-state index is -0.761. The Morgan fingerprint density at radius 3 is 2.75 bits per heavy atom. The average molecular weight is 450 g/mol. The second-order valence-corrected chi connectivity index (χ2v) is 10.8. The van der Waals surface area contributed by atoms with E-state index in [0.29, 0.717) is 5.92 Å². The van der Waals surface area contributed by atoms with E-state index in [-0.39, 0.29) is 17.9 Å². The predicted molar refractivity (Wildman–Crippen MR) is 129 cm³/mol. The number of likely N-dealkylation sites (tertiary alicyclic amines) is 1. The number of aldehydes is 1. The summed E-state index contributed by atoms with van der Waals surface area (Å²) in [7, 11) is 1.96. The Morgan fingerprint density at radius 1 is 1.16 bits per heavy atom. The molecule has 2 aromatic heterocycles.